The zero-order valence-corrected chi connectivity index (χ0v) is 14.2. The Morgan fingerprint density at radius 1 is 1.12 bits per heavy atom. The summed E-state index contributed by atoms with van der Waals surface area (Å²) < 4.78 is 5.18. The quantitative estimate of drug-likeness (QED) is 0.684. The molecule has 0 aliphatic heterocycles. The van der Waals surface area contributed by atoms with Gasteiger partial charge in [0.05, 0.1) is 18.4 Å². The number of nitrogens with one attached hydrogen (secondary N) is 2. The number of aryl methyl sites for hydroxylation is 1. The molecule has 2 aromatic carbocycles. The molecule has 6 nitrogen and oxygen atoms in total. The number of rotatable bonds is 8. The minimum absolute atomic E-state index is 0.151. The standard InChI is InChI=1S/C19H23N3O3/c1-25-15-6-4-5-14(13-15)9-10-18(23)22-17-8-3-2-7-16(17)19(24)21-12-11-20/h2-8,13H,9-12,20H2,1H3,(H,21,24)(H,22,23). The molecule has 0 atom stereocenters. The second kappa shape index (κ2) is 9.44. The number of carbonyl (C=O) groups is 2. The second-order valence-electron chi connectivity index (χ2n) is 5.49. The Morgan fingerprint density at radius 2 is 1.92 bits per heavy atom. The van der Waals surface area contributed by atoms with Crippen molar-refractivity contribution in [3.63, 3.8) is 0 Å². The van der Waals surface area contributed by atoms with Gasteiger partial charge in [0, 0.05) is 19.5 Å². The van der Waals surface area contributed by atoms with Crippen molar-refractivity contribution in [2.24, 2.45) is 5.73 Å². The van der Waals surface area contributed by atoms with Gasteiger partial charge in [-0.15, -0.1) is 0 Å². The highest BCUT2D eigenvalue weighted by Crippen LogP contribution is 2.17. The number of para-hydroxylation sites is 1. The van der Waals surface area contributed by atoms with Gasteiger partial charge in [-0.3, -0.25) is 9.59 Å². The van der Waals surface area contributed by atoms with E-state index in [1.807, 2.05) is 24.3 Å². The van der Waals surface area contributed by atoms with Crippen molar-refractivity contribution < 1.29 is 14.3 Å². The number of carbonyl (C=O) groups excluding carboxylic acids is 2. The molecule has 0 unspecified atom stereocenters. The molecule has 25 heavy (non-hydrogen) atoms. The van der Waals surface area contributed by atoms with Crippen molar-refractivity contribution in [3.8, 4) is 5.75 Å². The summed E-state index contributed by atoms with van der Waals surface area (Å²) in [7, 11) is 1.61. The van der Waals surface area contributed by atoms with Gasteiger partial charge in [-0.1, -0.05) is 24.3 Å². The normalized spacial score (nSPS) is 10.2. The summed E-state index contributed by atoms with van der Waals surface area (Å²) in [5.41, 5.74) is 7.33. The Bertz CT molecular complexity index is 731. The van der Waals surface area contributed by atoms with Crippen molar-refractivity contribution in [1.82, 2.24) is 5.32 Å². The molecule has 0 aliphatic carbocycles. The average Bonchev–Trinajstić information content (AvgIpc) is 2.65. The van der Waals surface area contributed by atoms with Gasteiger partial charge in [0.2, 0.25) is 5.91 Å². The van der Waals surface area contributed by atoms with Crippen molar-refractivity contribution in [2.45, 2.75) is 12.8 Å². The highest BCUT2D eigenvalue weighted by Gasteiger charge is 2.12. The predicted octanol–water partition coefficient (Wildman–Crippen LogP) is 1.95. The molecule has 0 aliphatic rings. The number of hydrogen-bond donors (Lipinski definition) is 3. The highest BCUT2D eigenvalue weighted by atomic mass is 16.5. The summed E-state index contributed by atoms with van der Waals surface area (Å²) in [6.45, 7) is 0.748. The van der Waals surface area contributed by atoms with Crippen LogP contribution in [0.3, 0.4) is 0 Å². The van der Waals surface area contributed by atoms with E-state index in [4.69, 9.17) is 10.5 Å². The first-order valence-corrected chi connectivity index (χ1v) is 8.14. The Hall–Kier alpha value is -2.86. The van der Waals surface area contributed by atoms with E-state index < -0.39 is 0 Å². The van der Waals surface area contributed by atoms with Gasteiger partial charge in [0.1, 0.15) is 5.75 Å². The highest BCUT2D eigenvalue weighted by molar-refractivity contribution is 6.03. The molecule has 0 aromatic heterocycles. The minimum Gasteiger partial charge on any atom is -0.497 e. The number of hydrogen-bond acceptors (Lipinski definition) is 4. The van der Waals surface area contributed by atoms with Crippen LogP contribution in [0.15, 0.2) is 48.5 Å². The molecular weight excluding hydrogens is 318 g/mol. The van der Waals surface area contributed by atoms with E-state index in [0.717, 1.165) is 11.3 Å². The number of benzene rings is 2. The largest absolute Gasteiger partial charge is 0.497 e. The Balaban J connectivity index is 1.97. The van der Waals surface area contributed by atoms with Crippen molar-refractivity contribution >= 4 is 17.5 Å². The van der Waals surface area contributed by atoms with E-state index in [1.54, 1.807) is 31.4 Å². The maximum Gasteiger partial charge on any atom is 0.253 e. The number of amides is 2. The molecule has 2 aromatic rings. The molecule has 2 amide bonds. The molecular formula is C19H23N3O3. The Morgan fingerprint density at radius 3 is 2.68 bits per heavy atom. The monoisotopic (exact) mass is 341 g/mol. The van der Waals surface area contributed by atoms with Gasteiger partial charge in [-0.05, 0) is 36.2 Å². The predicted molar refractivity (Wildman–Crippen MR) is 97.8 cm³/mol. The number of ether oxygens (including phenoxy) is 1. The fourth-order valence-electron chi connectivity index (χ4n) is 2.37. The Kier molecular flexibility index (Phi) is 6.98. The first-order chi connectivity index (χ1) is 12.1. The van der Waals surface area contributed by atoms with Crippen LogP contribution in [0.5, 0.6) is 5.75 Å². The summed E-state index contributed by atoms with van der Waals surface area (Å²) in [6, 6.07) is 14.5. The van der Waals surface area contributed by atoms with Crippen molar-refractivity contribution in [3.05, 3.63) is 59.7 Å². The lowest BCUT2D eigenvalue weighted by molar-refractivity contribution is -0.116. The summed E-state index contributed by atoms with van der Waals surface area (Å²) in [6.07, 6.45) is 0.899. The lowest BCUT2D eigenvalue weighted by atomic mass is 10.1. The third kappa shape index (κ3) is 5.61. The van der Waals surface area contributed by atoms with Crippen molar-refractivity contribution in [1.29, 1.82) is 0 Å². The van der Waals surface area contributed by atoms with E-state index in [-0.39, 0.29) is 11.8 Å². The maximum absolute atomic E-state index is 12.2. The SMILES string of the molecule is COc1cccc(CCC(=O)Nc2ccccc2C(=O)NCCN)c1. The van der Waals surface area contributed by atoms with E-state index >= 15 is 0 Å². The fourth-order valence-corrected chi connectivity index (χ4v) is 2.37. The molecule has 2 rings (SSSR count). The summed E-state index contributed by atoms with van der Waals surface area (Å²) in [5, 5.41) is 5.51. The van der Waals surface area contributed by atoms with E-state index in [2.05, 4.69) is 10.6 Å². The molecule has 0 saturated carbocycles. The van der Waals surface area contributed by atoms with Gasteiger partial charge in [0.25, 0.3) is 5.91 Å². The van der Waals surface area contributed by atoms with Gasteiger partial charge in [0.15, 0.2) is 0 Å². The van der Waals surface area contributed by atoms with Crippen LogP contribution in [0.1, 0.15) is 22.3 Å². The van der Waals surface area contributed by atoms with Crippen LogP contribution in [0.4, 0.5) is 5.69 Å². The van der Waals surface area contributed by atoms with E-state index in [9.17, 15) is 9.59 Å². The molecule has 0 radical (unpaired) electrons. The smallest absolute Gasteiger partial charge is 0.253 e. The minimum atomic E-state index is -0.255. The molecule has 0 spiro atoms. The van der Waals surface area contributed by atoms with Gasteiger partial charge in [-0.2, -0.15) is 0 Å². The van der Waals surface area contributed by atoms with Crippen LogP contribution < -0.4 is 21.1 Å². The van der Waals surface area contributed by atoms with Crippen LogP contribution in [0.25, 0.3) is 0 Å². The van der Waals surface area contributed by atoms with Crippen LogP contribution in [-0.4, -0.2) is 32.0 Å². The molecule has 0 fully saturated rings. The zero-order chi connectivity index (χ0) is 18.1. The number of nitrogens with two attached hydrogens (primary N) is 1. The number of methoxy groups -OCH3 is 1. The topological polar surface area (TPSA) is 93.4 Å². The summed E-state index contributed by atoms with van der Waals surface area (Å²) in [4.78, 5) is 24.4. The molecule has 0 bridgehead atoms. The van der Waals surface area contributed by atoms with Gasteiger partial charge in [-0.25, -0.2) is 0 Å². The van der Waals surface area contributed by atoms with Crippen molar-refractivity contribution in [2.75, 3.05) is 25.5 Å². The number of anilines is 1. The first-order valence-electron chi connectivity index (χ1n) is 8.14. The fraction of sp³-hybridized carbons (Fsp3) is 0.263. The Labute approximate surface area is 147 Å². The van der Waals surface area contributed by atoms with Crippen LogP contribution in [0.2, 0.25) is 0 Å². The lowest BCUT2D eigenvalue weighted by Crippen LogP contribution is -2.30. The molecule has 0 saturated heterocycles. The van der Waals surface area contributed by atoms with Crippen LogP contribution >= 0.6 is 0 Å². The molecule has 0 heterocycles. The van der Waals surface area contributed by atoms with Crippen LogP contribution in [-0.2, 0) is 11.2 Å². The summed E-state index contributed by atoms with van der Waals surface area (Å²) >= 11 is 0. The average molecular weight is 341 g/mol. The van der Waals surface area contributed by atoms with Gasteiger partial charge < -0.3 is 21.1 Å². The summed E-state index contributed by atoms with van der Waals surface area (Å²) in [5.74, 6) is 0.357. The third-order valence-corrected chi connectivity index (χ3v) is 3.65. The third-order valence-electron chi connectivity index (χ3n) is 3.65. The lowest BCUT2D eigenvalue weighted by Gasteiger charge is -2.11. The van der Waals surface area contributed by atoms with Gasteiger partial charge >= 0.3 is 0 Å². The van der Waals surface area contributed by atoms with E-state index in [0.29, 0.717) is 37.2 Å². The molecule has 4 N–H and O–H groups in total. The zero-order valence-electron chi connectivity index (χ0n) is 14.2. The second-order valence-corrected chi connectivity index (χ2v) is 5.49. The van der Waals surface area contributed by atoms with Crippen LogP contribution in [0, 0.1) is 0 Å². The first kappa shape index (κ1) is 18.5. The van der Waals surface area contributed by atoms with E-state index in [1.165, 1.54) is 0 Å². The molecule has 6 heteroatoms. The maximum atomic E-state index is 12.2. The molecule has 132 valence electrons.